The van der Waals surface area contributed by atoms with Crippen LogP contribution in [0.25, 0.3) is 11.0 Å². The standard InChI is InChI=1S/C33H29NO5S.C9H8N2/c1-38-29-17-14-23(19-30(29)39-2)40(36,37)31-9-5-8-26-25(31)15-16-27-24-7-4-3-6-21(24)18-28(32(26)27)33(35)20-10-12-22(34)13-11-20;1-2-5-9-8(4-1)10-6-3-7-11-9/h3-4,6-7,10-19,28H,5,8-9,34H2,1-2H3;1-7,10H. The van der Waals surface area contributed by atoms with E-state index in [1.807, 2.05) is 72.9 Å². The zero-order valence-electron chi connectivity index (χ0n) is 28.3. The summed E-state index contributed by atoms with van der Waals surface area (Å²) >= 11 is 0. The number of fused-ring (bicyclic) bond motifs is 5. The van der Waals surface area contributed by atoms with Crippen LogP contribution in [0, 0.1) is 10.4 Å². The Morgan fingerprint density at radius 1 is 0.824 bits per heavy atom. The quantitative estimate of drug-likeness (QED) is 0.152. The van der Waals surface area contributed by atoms with Crippen LogP contribution in [-0.2, 0) is 16.3 Å². The van der Waals surface area contributed by atoms with Crippen molar-refractivity contribution in [2.24, 2.45) is 4.99 Å². The summed E-state index contributed by atoms with van der Waals surface area (Å²) in [7, 11) is -0.848. The highest BCUT2D eigenvalue weighted by atomic mass is 32.2. The zero-order valence-corrected chi connectivity index (χ0v) is 29.1. The number of nitrogen functional groups attached to an aromatic ring is 1. The summed E-state index contributed by atoms with van der Waals surface area (Å²) in [6.07, 6.45) is 9.29. The van der Waals surface area contributed by atoms with E-state index in [1.165, 1.54) is 20.3 Å². The number of nitrogens with one attached hydrogen (secondary N) is 1. The molecule has 256 valence electrons. The molecule has 1 atom stereocenters. The van der Waals surface area contributed by atoms with E-state index in [4.69, 9.17) is 15.2 Å². The molecule has 1 unspecified atom stereocenters. The number of sulfone groups is 1. The number of carbonyl (C=O) groups is 1. The number of allylic oxidation sites excluding steroid dienone is 1. The predicted octanol–water partition coefficient (Wildman–Crippen LogP) is 6.58. The van der Waals surface area contributed by atoms with E-state index < -0.39 is 15.8 Å². The summed E-state index contributed by atoms with van der Waals surface area (Å²) in [6.45, 7) is 0. The van der Waals surface area contributed by atoms with Crippen LogP contribution in [0.3, 0.4) is 0 Å². The lowest BCUT2D eigenvalue weighted by atomic mass is 9.79. The van der Waals surface area contributed by atoms with E-state index in [0.717, 1.165) is 38.2 Å². The predicted molar refractivity (Wildman–Crippen MR) is 203 cm³/mol. The summed E-state index contributed by atoms with van der Waals surface area (Å²) in [6, 6.07) is 31.5. The molecule has 0 aromatic heterocycles. The van der Waals surface area contributed by atoms with Gasteiger partial charge in [0, 0.05) is 29.7 Å². The van der Waals surface area contributed by atoms with Crippen molar-refractivity contribution in [2.75, 3.05) is 25.3 Å². The van der Waals surface area contributed by atoms with Gasteiger partial charge in [-0.05, 0) is 106 Å². The number of methoxy groups -OCH3 is 2. The van der Waals surface area contributed by atoms with Crippen molar-refractivity contribution in [3.8, 4) is 11.5 Å². The van der Waals surface area contributed by atoms with Gasteiger partial charge in [0.05, 0.1) is 41.3 Å². The van der Waals surface area contributed by atoms with Crippen LogP contribution in [0.1, 0.15) is 40.2 Å². The van der Waals surface area contributed by atoms with Gasteiger partial charge in [-0.1, -0.05) is 54.6 Å². The molecule has 0 radical (unpaired) electrons. The first-order chi connectivity index (χ1) is 24.8. The minimum absolute atomic E-state index is 0.0426. The topological polar surface area (TPSA) is 120 Å². The third kappa shape index (κ3) is 6.44. The molecule has 0 spiro atoms. The summed E-state index contributed by atoms with van der Waals surface area (Å²) in [4.78, 5) is 18.7. The van der Waals surface area contributed by atoms with Gasteiger partial charge in [0.2, 0.25) is 9.84 Å². The highest BCUT2D eigenvalue weighted by Gasteiger charge is 2.31. The number of benzene rings is 5. The largest absolute Gasteiger partial charge is 0.493 e. The number of para-hydroxylation sites is 2. The van der Waals surface area contributed by atoms with Gasteiger partial charge in [-0.25, -0.2) is 8.42 Å². The molecular formula is C42H37N3O5S. The van der Waals surface area contributed by atoms with E-state index in [1.54, 1.807) is 42.6 Å². The monoisotopic (exact) mass is 695 g/mol. The molecule has 8 nitrogen and oxygen atoms in total. The SMILES string of the molecule is C1=CNc2ccccc2N=C1.COc1ccc(S(=O)(=O)C2=c3ccc4c(c3CCC2)C(C(=O)c2ccc(N)cc2)C=c2ccccc2=4)cc1OC. The average molecular weight is 696 g/mol. The molecule has 8 rings (SSSR count). The molecule has 1 aliphatic heterocycles. The Balaban J connectivity index is 0.000000313. The van der Waals surface area contributed by atoms with E-state index in [-0.39, 0.29) is 10.7 Å². The van der Waals surface area contributed by atoms with Crippen molar-refractivity contribution in [3.05, 3.63) is 153 Å². The fourth-order valence-corrected chi connectivity index (χ4v) is 8.64. The number of rotatable bonds is 6. The molecule has 0 bridgehead atoms. The van der Waals surface area contributed by atoms with Crippen LogP contribution < -0.4 is 31.0 Å². The smallest absolute Gasteiger partial charge is 0.203 e. The number of nitrogens with two attached hydrogens (primary N) is 1. The summed E-state index contributed by atoms with van der Waals surface area (Å²) in [5, 5.41) is 6.80. The number of Topliss-reactive ketones (excluding diaryl/α,β-unsaturated/α-hetero) is 1. The van der Waals surface area contributed by atoms with Crippen molar-refractivity contribution < 1.29 is 22.7 Å². The van der Waals surface area contributed by atoms with Gasteiger partial charge in [0.25, 0.3) is 0 Å². The first-order valence-electron chi connectivity index (χ1n) is 16.7. The van der Waals surface area contributed by atoms with E-state index in [0.29, 0.717) is 52.1 Å². The normalized spacial score (nSPS) is 15.3. The second-order valence-electron chi connectivity index (χ2n) is 12.4. The van der Waals surface area contributed by atoms with Crippen molar-refractivity contribution in [2.45, 2.75) is 30.1 Å². The van der Waals surface area contributed by atoms with E-state index >= 15 is 0 Å². The molecule has 51 heavy (non-hydrogen) atoms. The fourth-order valence-electron chi connectivity index (χ4n) is 6.95. The molecule has 2 aliphatic carbocycles. The molecule has 5 aromatic carbocycles. The van der Waals surface area contributed by atoms with Crippen molar-refractivity contribution in [1.29, 1.82) is 0 Å². The van der Waals surface area contributed by atoms with Gasteiger partial charge in [-0.2, -0.15) is 0 Å². The third-order valence-corrected chi connectivity index (χ3v) is 11.3. The van der Waals surface area contributed by atoms with Crippen LogP contribution in [-0.4, -0.2) is 34.6 Å². The second-order valence-corrected chi connectivity index (χ2v) is 14.3. The maximum atomic E-state index is 14.0. The number of hydrogen-bond donors (Lipinski definition) is 2. The Morgan fingerprint density at radius 2 is 1.57 bits per heavy atom. The molecule has 1 heterocycles. The van der Waals surface area contributed by atoms with Gasteiger partial charge in [-0.15, -0.1) is 0 Å². The van der Waals surface area contributed by atoms with Crippen LogP contribution in [0.4, 0.5) is 17.1 Å². The number of nitrogens with zero attached hydrogens (tertiary/aromatic N) is 1. The maximum Gasteiger partial charge on any atom is 0.203 e. The highest BCUT2D eigenvalue weighted by molar-refractivity contribution is 8.00. The molecule has 5 aromatic rings. The van der Waals surface area contributed by atoms with E-state index in [2.05, 4.69) is 16.4 Å². The molecule has 0 amide bonds. The minimum atomic E-state index is -3.84. The fraction of sp³-hybridized carbons (Fsp3) is 0.143. The molecule has 9 heteroatoms. The number of anilines is 2. The van der Waals surface area contributed by atoms with Gasteiger partial charge in [-0.3, -0.25) is 9.79 Å². The Labute approximate surface area is 296 Å². The molecule has 3 N–H and O–H groups in total. The van der Waals surface area contributed by atoms with Crippen molar-refractivity contribution in [1.82, 2.24) is 0 Å². The third-order valence-electron chi connectivity index (χ3n) is 9.40. The lowest BCUT2D eigenvalue weighted by molar-refractivity contribution is 0.0980. The van der Waals surface area contributed by atoms with Crippen LogP contribution in [0.15, 0.2) is 125 Å². The molecule has 0 fully saturated rings. The minimum Gasteiger partial charge on any atom is -0.493 e. The number of aliphatic imine (C=N–C) groups is 1. The lowest BCUT2D eigenvalue weighted by Gasteiger charge is -2.25. The summed E-state index contributed by atoms with van der Waals surface area (Å²) in [5.74, 6) is 0.222. The van der Waals surface area contributed by atoms with Crippen molar-refractivity contribution in [3.63, 3.8) is 0 Å². The van der Waals surface area contributed by atoms with E-state index in [9.17, 15) is 13.2 Å². The molecule has 3 aliphatic rings. The van der Waals surface area contributed by atoms with Crippen molar-refractivity contribution >= 4 is 49.9 Å². The second kappa shape index (κ2) is 14.1. The average Bonchev–Trinajstić information content (AvgIpc) is 3.43. The maximum absolute atomic E-state index is 14.0. The highest BCUT2D eigenvalue weighted by Crippen LogP contribution is 2.36. The summed E-state index contributed by atoms with van der Waals surface area (Å²) < 4.78 is 38.7. The molecular weight excluding hydrogens is 659 g/mol. The number of ether oxygens (including phenoxy) is 2. The lowest BCUT2D eigenvalue weighted by Crippen LogP contribution is -2.29. The molecule has 0 saturated heterocycles. The zero-order chi connectivity index (χ0) is 35.5. The van der Waals surface area contributed by atoms with Gasteiger partial charge >= 0.3 is 0 Å². The van der Waals surface area contributed by atoms with Gasteiger partial charge in [0.15, 0.2) is 17.3 Å². The van der Waals surface area contributed by atoms with Crippen LogP contribution in [0.2, 0.25) is 0 Å². The molecule has 0 saturated carbocycles. The Kier molecular flexibility index (Phi) is 9.30. The Bertz CT molecular complexity index is 2560. The Hall–Kier alpha value is -5.93. The first-order valence-corrected chi connectivity index (χ1v) is 18.2. The first kappa shape index (κ1) is 33.6. The van der Waals surface area contributed by atoms with Gasteiger partial charge in [0.1, 0.15) is 0 Å². The Morgan fingerprint density at radius 3 is 2.37 bits per heavy atom. The summed E-state index contributed by atoms with van der Waals surface area (Å²) in [5.41, 5.74) is 10.9. The number of carbonyl (C=O) groups excluding carboxylic acids is 1. The number of ketones is 1. The number of hydrogen-bond acceptors (Lipinski definition) is 8. The van der Waals surface area contributed by atoms with Crippen LogP contribution >= 0.6 is 0 Å². The van der Waals surface area contributed by atoms with Crippen LogP contribution in [0.5, 0.6) is 11.5 Å². The van der Waals surface area contributed by atoms with Gasteiger partial charge < -0.3 is 20.5 Å².